The molecule has 2 aromatic rings. The molecule has 1 aromatic carbocycles. The van der Waals surface area contributed by atoms with Gasteiger partial charge in [-0.2, -0.15) is 0 Å². The van der Waals surface area contributed by atoms with E-state index in [0.717, 1.165) is 61.8 Å². The molecule has 2 saturated heterocycles. The standard InChI is InChI=1S/C22H27FN4O2S/c1-16(28)26-8-6-18(7-9-26)22(29)27-12-10-25(11-13-27)14-21-24-20(15-30-21)17-2-4-19(23)5-3-17/h2-5,15,18H,6-14H2,1H3. The third-order valence-electron chi connectivity index (χ3n) is 6.02. The molecule has 3 heterocycles. The molecular weight excluding hydrogens is 403 g/mol. The molecule has 4 rings (SSSR count). The minimum Gasteiger partial charge on any atom is -0.343 e. The van der Waals surface area contributed by atoms with Crippen molar-refractivity contribution in [1.29, 1.82) is 0 Å². The van der Waals surface area contributed by atoms with E-state index in [0.29, 0.717) is 13.1 Å². The van der Waals surface area contributed by atoms with E-state index in [-0.39, 0.29) is 23.5 Å². The molecule has 30 heavy (non-hydrogen) atoms. The summed E-state index contributed by atoms with van der Waals surface area (Å²) in [5.74, 6) is 0.139. The third-order valence-corrected chi connectivity index (χ3v) is 6.86. The fourth-order valence-corrected chi connectivity index (χ4v) is 5.00. The van der Waals surface area contributed by atoms with Gasteiger partial charge in [0.25, 0.3) is 0 Å². The summed E-state index contributed by atoms with van der Waals surface area (Å²) in [6, 6.07) is 6.40. The number of hydrogen-bond acceptors (Lipinski definition) is 5. The Morgan fingerprint density at radius 2 is 1.70 bits per heavy atom. The fraction of sp³-hybridized carbons (Fsp3) is 0.500. The minimum atomic E-state index is -0.244. The Balaban J connectivity index is 1.25. The lowest BCUT2D eigenvalue weighted by Crippen LogP contribution is -2.51. The Labute approximate surface area is 180 Å². The van der Waals surface area contributed by atoms with Gasteiger partial charge in [0, 0.05) is 63.1 Å². The van der Waals surface area contributed by atoms with E-state index in [1.807, 2.05) is 15.2 Å². The van der Waals surface area contributed by atoms with Crippen LogP contribution >= 0.6 is 11.3 Å². The van der Waals surface area contributed by atoms with Gasteiger partial charge in [0.15, 0.2) is 0 Å². The molecule has 0 N–H and O–H groups in total. The molecule has 2 amide bonds. The summed E-state index contributed by atoms with van der Waals surface area (Å²) in [7, 11) is 0. The van der Waals surface area contributed by atoms with E-state index in [9.17, 15) is 14.0 Å². The number of piperidine rings is 1. The van der Waals surface area contributed by atoms with Gasteiger partial charge in [0.05, 0.1) is 12.2 Å². The molecule has 1 aromatic heterocycles. The Morgan fingerprint density at radius 3 is 2.33 bits per heavy atom. The van der Waals surface area contributed by atoms with Crippen molar-refractivity contribution in [3.8, 4) is 11.3 Å². The molecule has 0 spiro atoms. The number of amides is 2. The first-order valence-corrected chi connectivity index (χ1v) is 11.3. The van der Waals surface area contributed by atoms with Crippen LogP contribution in [0.4, 0.5) is 4.39 Å². The summed E-state index contributed by atoms with van der Waals surface area (Å²) in [4.78, 5) is 35.1. The van der Waals surface area contributed by atoms with Crippen LogP contribution in [0, 0.1) is 11.7 Å². The number of carbonyl (C=O) groups is 2. The van der Waals surface area contributed by atoms with Crippen molar-refractivity contribution in [2.24, 2.45) is 5.92 Å². The molecule has 2 aliphatic rings. The summed E-state index contributed by atoms with van der Waals surface area (Å²) in [6.07, 6.45) is 1.54. The Morgan fingerprint density at radius 1 is 1.03 bits per heavy atom. The summed E-state index contributed by atoms with van der Waals surface area (Å²) in [5, 5.41) is 3.04. The van der Waals surface area contributed by atoms with E-state index in [4.69, 9.17) is 4.98 Å². The molecule has 6 nitrogen and oxygen atoms in total. The number of piperazine rings is 1. The van der Waals surface area contributed by atoms with Crippen molar-refractivity contribution >= 4 is 23.2 Å². The summed E-state index contributed by atoms with van der Waals surface area (Å²) in [5.41, 5.74) is 1.80. The maximum absolute atomic E-state index is 13.1. The highest BCUT2D eigenvalue weighted by atomic mass is 32.1. The predicted octanol–water partition coefficient (Wildman–Crippen LogP) is 2.85. The van der Waals surface area contributed by atoms with Crippen molar-refractivity contribution in [2.75, 3.05) is 39.3 Å². The monoisotopic (exact) mass is 430 g/mol. The number of rotatable bonds is 4. The van der Waals surface area contributed by atoms with Crippen LogP contribution in [-0.4, -0.2) is 70.8 Å². The van der Waals surface area contributed by atoms with Gasteiger partial charge in [0.1, 0.15) is 10.8 Å². The zero-order chi connectivity index (χ0) is 21.1. The van der Waals surface area contributed by atoms with Gasteiger partial charge in [-0.05, 0) is 37.1 Å². The number of aromatic nitrogens is 1. The number of carbonyl (C=O) groups excluding carboxylic acids is 2. The normalized spacial score (nSPS) is 18.6. The summed E-state index contributed by atoms with van der Waals surface area (Å²) < 4.78 is 13.1. The van der Waals surface area contributed by atoms with Gasteiger partial charge < -0.3 is 9.80 Å². The predicted molar refractivity (Wildman–Crippen MR) is 114 cm³/mol. The van der Waals surface area contributed by atoms with Crippen molar-refractivity contribution < 1.29 is 14.0 Å². The van der Waals surface area contributed by atoms with Crippen molar-refractivity contribution in [3.05, 3.63) is 40.5 Å². The van der Waals surface area contributed by atoms with Crippen LogP contribution in [0.1, 0.15) is 24.8 Å². The number of thiazole rings is 1. The Hall–Kier alpha value is -2.32. The Kier molecular flexibility index (Phi) is 6.43. The van der Waals surface area contributed by atoms with Crippen LogP contribution in [0.25, 0.3) is 11.3 Å². The lowest BCUT2D eigenvalue weighted by atomic mass is 9.95. The maximum Gasteiger partial charge on any atom is 0.225 e. The quantitative estimate of drug-likeness (QED) is 0.749. The van der Waals surface area contributed by atoms with Crippen molar-refractivity contribution in [1.82, 2.24) is 19.7 Å². The van der Waals surface area contributed by atoms with Crippen LogP contribution in [0.2, 0.25) is 0 Å². The molecule has 0 saturated carbocycles. The van der Waals surface area contributed by atoms with Crippen LogP contribution in [-0.2, 0) is 16.1 Å². The third kappa shape index (κ3) is 4.87. The number of likely N-dealkylation sites (tertiary alicyclic amines) is 1. The fourth-order valence-electron chi connectivity index (χ4n) is 4.15. The van der Waals surface area contributed by atoms with Gasteiger partial charge in [-0.25, -0.2) is 9.37 Å². The average Bonchev–Trinajstić information content (AvgIpc) is 3.23. The van der Waals surface area contributed by atoms with E-state index >= 15 is 0 Å². The van der Waals surface area contributed by atoms with Crippen molar-refractivity contribution in [2.45, 2.75) is 26.3 Å². The molecule has 2 fully saturated rings. The largest absolute Gasteiger partial charge is 0.343 e. The summed E-state index contributed by atoms with van der Waals surface area (Å²) >= 11 is 1.62. The zero-order valence-corrected chi connectivity index (χ0v) is 18.0. The lowest BCUT2D eigenvalue weighted by Gasteiger charge is -2.38. The van der Waals surface area contributed by atoms with Crippen LogP contribution < -0.4 is 0 Å². The van der Waals surface area contributed by atoms with E-state index < -0.39 is 0 Å². The second kappa shape index (κ2) is 9.22. The maximum atomic E-state index is 13.1. The second-order valence-electron chi connectivity index (χ2n) is 8.02. The Bertz CT molecular complexity index is 885. The number of nitrogens with zero attached hydrogens (tertiary/aromatic N) is 4. The SMILES string of the molecule is CC(=O)N1CCC(C(=O)N2CCN(Cc3nc(-c4ccc(F)cc4)cs3)CC2)CC1. The number of hydrogen-bond donors (Lipinski definition) is 0. The molecule has 0 unspecified atom stereocenters. The van der Waals surface area contributed by atoms with Gasteiger partial charge in [-0.1, -0.05) is 0 Å². The molecule has 0 bridgehead atoms. The lowest BCUT2D eigenvalue weighted by molar-refractivity contribution is -0.141. The molecule has 8 heteroatoms. The van der Waals surface area contributed by atoms with Crippen molar-refractivity contribution in [3.63, 3.8) is 0 Å². The smallest absolute Gasteiger partial charge is 0.225 e. The average molecular weight is 431 g/mol. The molecule has 0 radical (unpaired) electrons. The highest BCUT2D eigenvalue weighted by Crippen LogP contribution is 2.24. The van der Waals surface area contributed by atoms with Crippen LogP contribution in [0.15, 0.2) is 29.6 Å². The first-order valence-electron chi connectivity index (χ1n) is 10.5. The van der Waals surface area contributed by atoms with Gasteiger partial charge in [-0.15, -0.1) is 11.3 Å². The molecular formula is C22H27FN4O2S. The van der Waals surface area contributed by atoms with Gasteiger partial charge in [0.2, 0.25) is 11.8 Å². The van der Waals surface area contributed by atoms with E-state index in [1.54, 1.807) is 30.4 Å². The molecule has 160 valence electrons. The van der Waals surface area contributed by atoms with Gasteiger partial charge in [-0.3, -0.25) is 14.5 Å². The number of halogens is 1. The van der Waals surface area contributed by atoms with Gasteiger partial charge >= 0.3 is 0 Å². The molecule has 0 aliphatic carbocycles. The van der Waals surface area contributed by atoms with Crippen LogP contribution in [0.5, 0.6) is 0 Å². The second-order valence-corrected chi connectivity index (χ2v) is 8.96. The van der Waals surface area contributed by atoms with E-state index in [1.165, 1.54) is 12.1 Å². The summed E-state index contributed by atoms with van der Waals surface area (Å²) in [6.45, 7) is 6.88. The highest BCUT2D eigenvalue weighted by Gasteiger charge is 2.31. The zero-order valence-electron chi connectivity index (χ0n) is 17.2. The highest BCUT2D eigenvalue weighted by molar-refractivity contribution is 7.09. The first-order chi connectivity index (χ1) is 14.5. The minimum absolute atomic E-state index is 0.0457. The number of benzene rings is 1. The first kappa shape index (κ1) is 20.9. The van der Waals surface area contributed by atoms with E-state index in [2.05, 4.69) is 4.90 Å². The van der Waals surface area contributed by atoms with Crippen LogP contribution in [0.3, 0.4) is 0 Å². The molecule has 0 atom stereocenters. The molecule has 2 aliphatic heterocycles. The topological polar surface area (TPSA) is 56.8 Å².